The third kappa shape index (κ3) is 6.76. The van der Waals surface area contributed by atoms with Crippen LogP contribution in [-0.4, -0.2) is 63.5 Å². The Morgan fingerprint density at radius 3 is 2.47 bits per heavy atom. The number of anilines is 1. The van der Waals surface area contributed by atoms with Crippen LogP contribution in [0, 0.1) is 0 Å². The number of nitrogens with zero attached hydrogens (tertiary/aromatic N) is 3. The molecular formula is C20H21F6N5O3. The van der Waals surface area contributed by atoms with E-state index in [1.807, 2.05) is 0 Å². The third-order valence-electron chi connectivity index (χ3n) is 5.16. The lowest BCUT2D eigenvalue weighted by Gasteiger charge is -2.48. The molecule has 0 aromatic carbocycles. The van der Waals surface area contributed by atoms with Gasteiger partial charge in [0.2, 0.25) is 0 Å². The van der Waals surface area contributed by atoms with Gasteiger partial charge in [-0.25, -0.2) is 14.8 Å². The highest BCUT2D eigenvalue weighted by molar-refractivity contribution is 5.73. The molecule has 2 aromatic rings. The number of halogens is 6. The Morgan fingerprint density at radius 1 is 1.24 bits per heavy atom. The summed E-state index contributed by atoms with van der Waals surface area (Å²) in [5.74, 6) is -2.64. The van der Waals surface area contributed by atoms with Gasteiger partial charge < -0.3 is 20.5 Å². The highest BCUT2D eigenvalue weighted by Gasteiger charge is 2.42. The Morgan fingerprint density at radius 2 is 1.94 bits per heavy atom. The van der Waals surface area contributed by atoms with Crippen LogP contribution >= 0.6 is 0 Å². The third-order valence-corrected chi connectivity index (χ3v) is 5.16. The monoisotopic (exact) mass is 493 g/mol. The summed E-state index contributed by atoms with van der Waals surface area (Å²) in [6.07, 6.45) is -3.76. The minimum Gasteiger partial charge on any atom is -0.475 e. The van der Waals surface area contributed by atoms with Crippen molar-refractivity contribution in [3.05, 3.63) is 36.3 Å². The molecule has 2 aliphatic heterocycles. The molecule has 0 radical (unpaired) electrons. The molecular weight excluding hydrogens is 472 g/mol. The summed E-state index contributed by atoms with van der Waals surface area (Å²) >= 11 is 0. The first-order valence-corrected chi connectivity index (χ1v) is 10.2. The number of carbonyl (C=O) groups is 1. The number of aliphatic carboxylic acids is 1. The highest BCUT2D eigenvalue weighted by atomic mass is 19.4. The molecule has 2 aliphatic rings. The van der Waals surface area contributed by atoms with Crippen LogP contribution in [0.5, 0.6) is 0 Å². The average molecular weight is 493 g/mol. The molecule has 3 N–H and O–H groups in total. The fourth-order valence-electron chi connectivity index (χ4n) is 3.46. The maximum Gasteiger partial charge on any atom is 0.490 e. The van der Waals surface area contributed by atoms with E-state index in [2.05, 4.69) is 25.6 Å². The predicted molar refractivity (Wildman–Crippen MR) is 107 cm³/mol. The average Bonchev–Trinajstić information content (AvgIpc) is 2.76. The second-order valence-corrected chi connectivity index (χ2v) is 7.80. The smallest absolute Gasteiger partial charge is 0.475 e. The topological polar surface area (TPSA) is 109 Å². The second-order valence-electron chi connectivity index (χ2n) is 7.80. The van der Waals surface area contributed by atoms with Crippen molar-refractivity contribution in [2.24, 2.45) is 0 Å². The second kappa shape index (κ2) is 10.1. The van der Waals surface area contributed by atoms with Gasteiger partial charge >= 0.3 is 18.3 Å². The molecule has 0 amide bonds. The van der Waals surface area contributed by atoms with Gasteiger partial charge in [0.25, 0.3) is 0 Å². The van der Waals surface area contributed by atoms with Crippen molar-refractivity contribution in [2.45, 2.75) is 43.3 Å². The number of rotatable bonds is 4. The van der Waals surface area contributed by atoms with Crippen molar-refractivity contribution in [3.63, 3.8) is 0 Å². The summed E-state index contributed by atoms with van der Waals surface area (Å²) in [5, 5.41) is 13.3. The van der Waals surface area contributed by atoms with Crippen LogP contribution in [0.4, 0.5) is 32.2 Å². The minimum atomic E-state index is -5.08. The van der Waals surface area contributed by atoms with Gasteiger partial charge in [0.15, 0.2) is 11.5 Å². The number of hydrogen-bond donors (Lipinski definition) is 3. The molecule has 8 nitrogen and oxygen atoms in total. The molecule has 2 aromatic heterocycles. The van der Waals surface area contributed by atoms with Crippen LogP contribution in [-0.2, 0) is 15.7 Å². The van der Waals surface area contributed by atoms with Crippen molar-refractivity contribution in [2.75, 3.05) is 25.0 Å². The predicted octanol–water partition coefficient (Wildman–Crippen LogP) is 3.51. The SMILES string of the molecule is FC(F)(F)c1cc(NCC2CCCC3(CNC3)O2)nc(-c2cccnc2)n1.O=C(O)C(F)(F)F. The zero-order valence-electron chi connectivity index (χ0n) is 17.6. The lowest BCUT2D eigenvalue weighted by Crippen LogP contribution is -2.64. The Balaban J connectivity index is 0.000000406. The van der Waals surface area contributed by atoms with E-state index < -0.39 is 24.0 Å². The number of nitrogens with one attached hydrogen (secondary N) is 2. The van der Waals surface area contributed by atoms with Crippen molar-refractivity contribution < 1.29 is 41.0 Å². The first-order chi connectivity index (χ1) is 15.9. The zero-order valence-corrected chi connectivity index (χ0v) is 17.6. The van der Waals surface area contributed by atoms with Gasteiger partial charge in [-0.3, -0.25) is 4.98 Å². The molecule has 186 valence electrons. The molecule has 2 saturated heterocycles. The number of carboxylic acids is 1. The fourth-order valence-corrected chi connectivity index (χ4v) is 3.46. The van der Waals surface area contributed by atoms with Gasteiger partial charge in [0.05, 0.1) is 11.7 Å². The van der Waals surface area contributed by atoms with Crippen molar-refractivity contribution in [3.8, 4) is 11.4 Å². The van der Waals surface area contributed by atoms with Crippen molar-refractivity contribution >= 4 is 11.8 Å². The molecule has 0 aliphatic carbocycles. The number of pyridine rings is 1. The van der Waals surface area contributed by atoms with Gasteiger partial charge in [-0.15, -0.1) is 0 Å². The molecule has 14 heteroatoms. The summed E-state index contributed by atoms with van der Waals surface area (Å²) in [4.78, 5) is 20.7. The first-order valence-electron chi connectivity index (χ1n) is 10.2. The molecule has 1 atom stereocenters. The van der Waals surface area contributed by atoms with Crippen LogP contribution in [0.3, 0.4) is 0 Å². The van der Waals surface area contributed by atoms with E-state index in [1.54, 1.807) is 18.3 Å². The lowest BCUT2D eigenvalue weighted by atomic mass is 9.86. The molecule has 0 saturated carbocycles. The molecule has 2 fully saturated rings. The largest absolute Gasteiger partial charge is 0.490 e. The molecule has 4 heterocycles. The van der Waals surface area contributed by atoms with Crippen LogP contribution in [0.25, 0.3) is 11.4 Å². The molecule has 4 rings (SSSR count). The summed E-state index contributed by atoms with van der Waals surface area (Å²) in [6.45, 7) is 2.07. The summed E-state index contributed by atoms with van der Waals surface area (Å²) in [7, 11) is 0. The van der Waals surface area contributed by atoms with Gasteiger partial charge in [-0.05, 0) is 31.4 Å². The van der Waals surface area contributed by atoms with E-state index in [0.29, 0.717) is 12.1 Å². The van der Waals surface area contributed by atoms with Crippen LogP contribution in [0.1, 0.15) is 25.0 Å². The fraction of sp³-hybridized carbons (Fsp3) is 0.500. The maximum atomic E-state index is 13.2. The van der Waals surface area contributed by atoms with E-state index in [-0.39, 0.29) is 23.3 Å². The maximum absolute atomic E-state index is 13.2. The molecule has 34 heavy (non-hydrogen) atoms. The van der Waals surface area contributed by atoms with E-state index >= 15 is 0 Å². The minimum absolute atomic E-state index is 0.00958. The van der Waals surface area contributed by atoms with Crippen molar-refractivity contribution in [1.29, 1.82) is 0 Å². The normalized spacial score (nSPS) is 19.5. The van der Waals surface area contributed by atoms with E-state index in [1.165, 1.54) is 6.20 Å². The number of hydrogen-bond acceptors (Lipinski definition) is 7. The molecule has 1 spiro atoms. The van der Waals surface area contributed by atoms with Crippen LogP contribution < -0.4 is 10.6 Å². The quantitative estimate of drug-likeness (QED) is 0.556. The molecule has 0 bridgehead atoms. The van der Waals surface area contributed by atoms with Crippen molar-refractivity contribution in [1.82, 2.24) is 20.3 Å². The Kier molecular flexibility index (Phi) is 7.60. The highest BCUT2D eigenvalue weighted by Crippen LogP contribution is 2.33. The summed E-state index contributed by atoms with van der Waals surface area (Å²) in [6, 6.07) is 4.20. The number of carboxylic acid groups (broad SMARTS) is 1. The van der Waals surface area contributed by atoms with Crippen LogP contribution in [0.2, 0.25) is 0 Å². The first kappa shape index (κ1) is 25.6. The summed E-state index contributed by atoms with van der Waals surface area (Å²) in [5.41, 5.74) is -0.656. The zero-order chi connectivity index (χ0) is 25.0. The Labute approximate surface area is 189 Å². The Hall–Kier alpha value is -3.00. The van der Waals surface area contributed by atoms with Gasteiger partial charge in [0, 0.05) is 43.7 Å². The Bertz CT molecular complexity index is 983. The van der Waals surface area contributed by atoms with Gasteiger partial charge in [-0.2, -0.15) is 26.3 Å². The number of alkyl halides is 6. The summed E-state index contributed by atoms with van der Waals surface area (Å²) < 4.78 is 77.6. The van der Waals surface area contributed by atoms with Gasteiger partial charge in [-0.1, -0.05) is 0 Å². The van der Waals surface area contributed by atoms with E-state index in [0.717, 1.165) is 38.4 Å². The van der Waals surface area contributed by atoms with Crippen LogP contribution in [0.15, 0.2) is 30.6 Å². The number of ether oxygens (including phenoxy) is 1. The van der Waals surface area contributed by atoms with E-state index in [9.17, 15) is 26.3 Å². The molecule has 1 unspecified atom stereocenters. The number of aromatic nitrogens is 3. The van der Waals surface area contributed by atoms with E-state index in [4.69, 9.17) is 14.6 Å². The standard InChI is InChI=1S/C18H20F3N5O.C2HF3O2/c19-18(20,21)14-7-15(26-16(25-14)12-3-2-6-22-8-12)24-9-13-4-1-5-17(27-13)10-23-11-17;3-2(4,5)1(6)7/h2-3,6-8,13,23H,1,4-5,9-11H2,(H,24,25,26);(H,6,7). The van der Waals surface area contributed by atoms with Gasteiger partial charge in [0.1, 0.15) is 5.82 Å². The lowest BCUT2D eigenvalue weighted by molar-refractivity contribution is -0.192.